The Morgan fingerprint density at radius 2 is 1.95 bits per heavy atom. The van der Waals surface area contributed by atoms with Crippen LogP contribution in [0.4, 0.5) is 0 Å². The normalized spacial score (nSPS) is 12.7. The summed E-state index contributed by atoms with van der Waals surface area (Å²) in [4.78, 5) is 0. The number of hydrogen-bond acceptors (Lipinski definition) is 3. The van der Waals surface area contributed by atoms with Gasteiger partial charge in [-0.3, -0.25) is 16.0 Å². The molecular weight excluding hydrogens is 419 g/mol. The van der Waals surface area contributed by atoms with E-state index < -0.39 is 0 Å². The fourth-order valence-corrected chi connectivity index (χ4v) is 3.85. The van der Waals surface area contributed by atoms with Gasteiger partial charge in [-0.15, -0.1) is 0 Å². The number of aromatic nitrogens is 2. The van der Waals surface area contributed by atoms with E-state index in [0.29, 0.717) is 11.4 Å². The minimum absolute atomic E-state index is 0.0438. The van der Waals surface area contributed by atoms with Crippen LogP contribution in [0.2, 0.25) is 5.02 Å². The summed E-state index contributed by atoms with van der Waals surface area (Å²) in [5, 5.41) is 5.16. The quantitative estimate of drug-likeness (QED) is 0.547. The average molecular weight is 437 g/mol. The van der Waals surface area contributed by atoms with Gasteiger partial charge in [-0.2, -0.15) is 5.10 Å². The Kier molecular flexibility index (Phi) is 5.85. The van der Waals surface area contributed by atoms with E-state index in [1.807, 2.05) is 36.7 Å². The van der Waals surface area contributed by atoms with Gasteiger partial charge in [0, 0.05) is 21.9 Å². The predicted molar refractivity (Wildman–Crippen MR) is 93.3 cm³/mol. The second-order valence-corrected chi connectivity index (χ2v) is 7.00. The van der Waals surface area contributed by atoms with E-state index in [1.54, 1.807) is 0 Å². The van der Waals surface area contributed by atoms with Crippen molar-refractivity contribution in [3.8, 4) is 0 Å². The fourth-order valence-electron chi connectivity index (χ4n) is 2.31. The van der Waals surface area contributed by atoms with Gasteiger partial charge in [0.15, 0.2) is 0 Å². The van der Waals surface area contributed by atoms with Crippen molar-refractivity contribution >= 4 is 43.5 Å². The Labute approximate surface area is 146 Å². The number of hydrogen-bond donors (Lipinski definition) is 2. The maximum Gasteiger partial charge on any atom is 0.0847 e. The van der Waals surface area contributed by atoms with Crippen LogP contribution >= 0.6 is 43.5 Å². The number of nitrogens with two attached hydrogens (primary N) is 1. The Balaban J connectivity index is 2.35. The van der Waals surface area contributed by atoms with Crippen LogP contribution in [-0.2, 0) is 13.0 Å². The van der Waals surface area contributed by atoms with Crippen LogP contribution < -0.4 is 11.3 Å². The van der Waals surface area contributed by atoms with Gasteiger partial charge >= 0.3 is 0 Å². The Morgan fingerprint density at radius 3 is 2.48 bits per heavy atom. The molecule has 7 heteroatoms. The third-order valence-electron chi connectivity index (χ3n) is 3.34. The highest BCUT2D eigenvalue weighted by atomic mass is 79.9. The molecule has 1 atom stereocenters. The minimum atomic E-state index is -0.0438. The molecule has 1 aromatic heterocycles. The Morgan fingerprint density at radius 1 is 1.33 bits per heavy atom. The van der Waals surface area contributed by atoms with Crippen molar-refractivity contribution < 1.29 is 0 Å². The summed E-state index contributed by atoms with van der Waals surface area (Å²) in [7, 11) is 0. The molecule has 0 aliphatic heterocycles. The SMILES string of the molecule is CCn1nc(C)c(Cl)c1CC(NN)c1cc(Br)cc(Br)c1. The summed E-state index contributed by atoms with van der Waals surface area (Å²) in [6.07, 6.45) is 0.674. The molecule has 1 unspecified atom stereocenters. The lowest BCUT2D eigenvalue weighted by atomic mass is 10.0. The molecule has 0 amide bonds. The lowest BCUT2D eigenvalue weighted by molar-refractivity contribution is 0.516. The summed E-state index contributed by atoms with van der Waals surface area (Å²) < 4.78 is 3.92. The molecule has 0 spiro atoms. The molecule has 2 rings (SSSR count). The van der Waals surface area contributed by atoms with Gasteiger partial charge in [0.1, 0.15) is 0 Å². The molecule has 4 nitrogen and oxygen atoms in total. The smallest absolute Gasteiger partial charge is 0.0847 e. The van der Waals surface area contributed by atoms with Gasteiger partial charge in [-0.1, -0.05) is 43.5 Å². The van der Waals surface area contributed by atoms with E-state index >= 15 is 0 Å². The molecule has 0 fully saturated rings. The van der Waals surface area contributed by atoms with Crippen LogP contribution in [-0.4, -0.2) is 9.78 Å². The standard InChI is InChI=1S/C14H17Br2ClN4/c1-3-21-13(14(17)8(2)20-21)7-12(19-18)9-4-10(15)6-11(16)5-9/h4-6,12,19H,3,7,18H2,1-2H3. The maximum absolute atomic E-state index is 6.37. The molecule has 21 heavy (non-hydrogen) atoms. The molecule has 1 heterocycles. The van der Waals surface area contributed by atoms with Gasteiger partial charge in [0.2, 0.25) is 0 Å². The van der Waals surface area contributed by atoms with Gasteiger partial charge in [-0.25, -0.2) is 0 Å². The zero-order valence-corrected chi connectivity index (χ0v) is 15.8. The average Bonchev–Trinajstić information content (AvgIpc) is 2.70. The van der Waals surface area contributed by atoms with Crippen molar-refractivity contribution in [3.63, 3.8) is 0 Å². The summed E-state index contributed by atoms with van der Waals surface area (Å²) >= 11 is 13.4. The maximum atomic E-state index is 6.37. The van der Waals surface area contributed by atoms with Crippen molar-refractivity contribution in [2.45, 2.75) is 32.9 Å². The number of rotatable bonds is 5. The molecule has 0 saturated heterocycles. The zero-order valence-electron chi connectivity index (χ0n) is 11.8. The van der Waals surface area contributed by atoms with Gasteiger partial charge < -0.3 is 0 Å². The molecule has 1 aromatic carbocycles. The predicted octanol–water partition coefficient (Wildman–Crippen LogP) is 4.14. The highest BCUT2D eigenvalue weighted by molar-refractivity contribution is 9.11. The third-order valence-corrected chi connectivity index (χ3v) is 4.75. The highest BCUT2D eigenvalue weighted by Gasteiger charge is 2.19. The zero-order chi connectivity index (χ0) is 15.6. The highest BCUT2D eigenvalue weighted by Crippen LogP contribution is 2.29. The van der Waals surface area contributed by atoms with Crippen molar-refractivity contribution in [1.29, 1.82) is 0 Å². The fraction of sp³-hybridized carbons (Fsp3) is 0.357. The van der Waals surface area contributed by atoms with E-state index in [9.17, 15) is 0 Å². The lowest BCUT2D eigenvalue weighted by Gasteiger charge is -2.18. The molecule has 0 bridgehead atoms. The summed E-state index contributed by atoms with van der Waals surface area (Å²) in [5.74, 6) is 5.75. The molecule has 3 N–H and O–H groups in total. The first-order valence-electron chi connectivity index (χ1n) is 6.60. The summed E-state index contributed by atoms with van der Waals surface area (Å²) in [6, 6.07) is 6.04. The second-order valence-electron chi connectivity index (χ2n) is 4.79. The van der Waals surface area contributed by atoms with Crippen molar-refractivity contribution in [3.05, 3.63) is 49.1 Å². The van der Waals surface area contributed by atoms with Crippen LogP contribution in [0.25, 0.3) is 0 Å². The van der Waals surface area contributed by atoms with Crippen molar-refractivity contribution in [2.24, 2.45) is 5.84 Å². The van der Waals surface area contributed by atoms with Crippen LogP contribution in [0.3, 0.4) is 0 Å². The molecule has 0 aliphatic rings. The molecular formula is C14H17Br2ClN4. The number of halogens is 3. The van der Waals surface area contributed by atoms with Crippen molar-refractivity contribution in [1.82, 2.24) is 15.2 Å². The van der Waals surface area contributed by atoms with E-state index in [1.165, 1.54) is 0 Å². The second kappa shape index (κ2) is 7.24. The van der Waals surface area contributed by atoms with E-state index in [4.69, 9.17) is 17.4 Å². The molecule has 0 aliphatic carbocycles. The van der Waals surface area contributed by atoms with Crippen LogP contribution in [0.5, 0.6) is 0 Å². The first-order valence-corrected chi connectivity index (χ1v) is 8.56. The van der Waals surface area contributed by atoms with Gasteiger partial charge in [-0.05, 0) is 37.6 Å². The summed E-state index contributed by atoms with van der Waals surface area (Å²) in [5.41, 5.74) is 5.79. The van der Waals surface area contributed by atoms with E-state index in [-0.39, 0.29) is 6.04 Å². The van der Waals surface area contributed by atoms with E-state index in [2.05, 4.69) is 42.4 Å². The Hall–Kier alpha value is -0.400. The molecule has 114 valence electrons. The number of hydrazine groups is 1. The molecule has 2 aromatic rings. The molecule has 0 radical (unpaired) electrons. The van der Waals surface area contributed by atoms with Crippen LogP contribution in [0, 0.1) is 6.92 Å². The third kappa shape index (κ3) is 3.87. The first kappa shape index (κ1) is 17.0. The van der Waals surface area contributed by atoms with Gasteiger partial charge in [0.25, 0.3) is 0 Å². The van der Waals surface area contributed by atoms with Crippen LogP contribution in [0.15, 0.2) is 27.1 Å². The lowest BCUT2D eigenvalue weighted by Crippen LogP contribution is -2.30. The van der Waals surface area contributed by atoms with Gasteiger partial charge in [0.05, 0.1) is 22.5 Å². The number of benzene rings is 1. The molecule has 0 saturated carbocycles. The minimum Gasteiger partial charge on any atom is -0.271 e. The topological polar surface area (TPSA) is 55.9 Å². The monoisotopic (exact) mass is 434 g/mol. The number of nitrogens with zero attached hydrogens (tertiary/aromatic N) is 2. The summed E-state index contributed by atoms with van der Waals surface area (Å²) in [6.45, 7) is 4.74. The number of aryl methyl sites for hydroxylation is 2. The first-order chi connectivity index (χ1) is 9.96. The largest absolute Gasteiger partial charge is 0.271 e. The number of nitrogens with one attached hydrogen (secondary N) is 1. The van der Waals surface area contributed by atoms with Crippen LogP contribution in [0.1, 0.15) is 29.9 Å². The van der Waals surface area contributed by atoms with Crippen molar-refractivity contribution in [2.75, 3.05) is 0 Å². The Bertz CT molecular complexity index is 622. The van der Waals surface area contributed by atoms with E-state index in [0.717, 1.165) is 32.4 Å².